The normalized spacial score (nSPS) is 10.6. The minimum atomic E-state index is -0.202. The number of rotatable bonds is 7. The molecule has 0 fully saturated rings. The summed E-state index contributed by atoms with van der Waals surface area (Å²) in [7, 11) is 0. The van der Waals surface area contributed by atoms with Crippen molar-refractivity contribution in [1.29, 1.82) is 0 Å². The summed E-state index contributed by atoms with van der Waals surface area (Å²) in [6.45, 7) is 4.78. The highest BCUT2D eigenvalue weighted by Gasteiger charge is 2.18. The number of benzene rings is 3. The first-order valence-electron chi connectivity index (χ1n) is 10.2. The second-order valence-corrected chi connectivity index (χ2v) is 7.48. The van der Waals surface area contributed by atoms with Gasteiger partial charge in [-0.2, -0.15) is 0 Å². The van der Waals surface area contributed by atoms with Gasteiger partial charge in [-0.25, -0.2) is 0 Å². The number of hydrogen-bond acceptors (Lipinski definition) is 4. The average molecular weight is 412 g/mol. The molecule has 1 aromatic heterocycles. The van der Waals surface area contributed by atoms with Gasteiger partial charge in [-0.15, -0.1) is 0 Å². The molecule has 0 radical (unpaired) electrons. The van der Waals surface area contributed by atoms with E-state index in [9.17, 15) is 4.79 Å². The van der Waals surface area contributed by atoms with Gasteiger partial charge in [-0.1, -0.05) is 66.2 Å². The lowest BCUT2D eigenvalue weighted by atomic mass is 10.1. The lowest BCUT2D eigenvalue weighted by Crippen LogP contribution is -2.10. The van der Waals surface area contributed by atoms with Gasteiger partial charge in [0.25, 0.3) is 0 Å². The molecule has 4 rings (SSSR count). The van der Waals surface area contributed by atoms with Crippen LogP contribution < -0.4 is 14.9 Å². The predicted molar refractivity (Wildman–Crippen MR) is 124 cm³/mol. The van der Waals surface area contributed by atoms with Gasteiger partial charge in [-0.05, 0) is 37.6 Å². The SMILES string of the molecule is CC(C)=CCOc1ccc2c(=O)c(OCc3ccccc3)c(-c3ccccc3)oc2c1. The second kappa shape index (κ2) is 9.35. The van der Waals surface area contributed by atoms with Gasteiger partial charge in [0.05, 0.1) is 5.39 Å². The van der Waals surface area contributed by atoms with Gasteiger partial charge >= 0.3 is 0 Å². The van der Waals surface area contributed by atoms with Crippen molar-refractivity contribution in [2.24, 2.45) is 0 Å². The lowest BCUT2D eigenvalue weighted by Gasteiger charge is -2.12. The standard InChI is InChI=1S/C27H24O4/c1-19(2)15-16-29-22-13-14-23-24(17-22)31-26(21-11-7-4-8-12-21)27(25(23)28)30-18-20-9-5-3-6-10-20/h3-15,17H,16,18H2,1-2H3. The van der Waals surface area contributed by atoms with E-state index in [0.29, 0.717) is 29.1 Å². The molecule has 4 aromatic rings. The smallest absolute Gasteiger partial charge is 0.235 e. The quantitative estimate of drug-likeness (QED) is 0.330. The van der Waals surface area contributed by atoms with Crippen LogP contribution in [0.5, 0.6) is 11.5 Å². The Morgan fingerprint density at radius 1 is 0.903 bits per heavy atom. The van der Waals surface area contributed by atoms with Gasteiger partial charge in [0.2, 0.25) is 11.2 Å². The fourth-order valence-electron chi connectivity index (χ4n) is 3.19. The zero-order valence-electron chi connectivity index (χ0n) is 17.6. The number of allylic oxidation sites excluding steroid dienone is 1. The molecule has 0 saturated heterocycles. The van der Waals surface area contributed by atoms with E-state index in [0.717, 1.165) is 11.1 Å². The summed E-state index contributed by atoms with van der Waals surface area (Å²) in [6.07, 6.45) is 2.00. The summed E-state index contributed by atoms with van der Waals surface area (Å²) in [5.41, 5.74) is 3.20. The summed E-state index contributed by atoms with van der Waals surface area (Å²) in [4.78, 5) is 13.3. The number of hydrogen-bond donors (Lipinski definition) is 0. The molecule has 4 nitrogen and oxygen atoms in total. The average Bonchev–Trinajstić information content (AvgIpc) is 2.79. The van der Waals surface area contributed by atoms with E-state index < -0.39 is 0 Å². The molecule has 3 aromatic carbocycles. The maximum Gasteiger partial charge on any atom is 0.235 e. The molecule has 1 heterocycles. The molecule has 0 aliphatic heterocycles. The summed E-state index contributed by atoms with van der Waals surface area (Å²) in [5.74, 6) is 1.27. The van der Waals surface area contributed by atoms with E-state index in [1.54, 1.807) is 18.2 Å². The fraction of sp³-hybridized carbons (Fsp3) is 0.148. The molecule has 4 heteroatoms. The zero-order valence-corrected chi connectivity index (χ0v) is 17.6. The summed E-state index contributed by atoms with van der Waals surface area (Å²) >= 11 is 0. The van der Waals surface area contributed by atoms with Gasteiger partial charge in [0.1, 0.15) is 24.5 Å². The molecule has 156 valence electrons. The highest BCUT2D eigenvalue weighted by molar-refractivity contribution is 5.83. The summed E-state index contributed by atoms with van der Waals surface area (Å²) < 4.78 is 18.0. The molecule has 0 bridgehead atoms. The predicted octanol–water partition coefficient (Wildman–Crippen LogP) is 6.38. The third-order valence-electron chi connectivity index (χ3n) is 4.83. The number of ether oxygens (including phenoxy) is 2. The first-order valence-corrected chi connectivity index (χ1v) is 10.2. The van der Waals surface area contributed by atoms with Crippen molar-refractivity contribution >= 4 is 11.0 Å². The third-order valence-corrected chi connectivity index (χ3v) is 4.83. The van der Waals surface area contributed by atoms with Crippen molar-refractivity contribution in [1.82, 2.24) is 0 Å². The van der Waals surface area contributed by atoms with Crippen molar-refractivity contribution in [3.8, 4) is 22.8 Å². The van der Waals surface area contributed by atoms with Gasteiger partial charge < -0.3 is 13.9 Å². The summed E-state index contributed by atoms with van der Waals surface area (Å²) in [6, 6.07) is 24.5. The lowest BCUT2D eigenvalue weighted by molar-refractivity contribution is 0.297. The Morgan fingerprint density at radius 2 is 1.61 bits per heavy atom. The topological polar surface area (TPSA) is 48.7 Å². The summed E-state index contributed by atoms with van der Waals surface area (Å²) in [5, 5.41) is 0.456. The van der Waals surface area contributed by atoms with E-state index in [-0.39, 0.29) is 17.8 Å². The molecule has 0 saturated carbocycles. The zero-order chi connectivity index (χ0) is 21.6. The Kier molecular flexibility index (Phi) is 6.18. The van der Waals surface area contributed by atoms with Crippen LogP contribution >= 0.6 is 0 Å². The Labute approximate surface area is 181 Å². The van der Waals surface area contributed by atoms with E-state index in [1.165, 1.54) is 5.57 Å². The van der Waals surface area contributed by atoms with Crippen LogP contribution in [-0.2, 0) is 6.61 Å². The molecular weight excluding hydrogens is 388 g/mol. The van der Waals surface area contributed by atoms with Crippen LogP contribution in [0.2, 0.25) is 0 Å². The molecule has 0 aliphatic carbocycles. The largest absolute Gasteiger partial charge is 0.489 e. The Balaban J connectivity index is 1.76. The minimum absolute atomic E-state index is 0.202. The van der Waals surface area contributed by atoms with E-state index >= 15 is 0 Å². The molecule has 0 atom stereocenters. The van der Waals surface area contributed by atoms with Crippen LogP contribution in [0.1, 0.15) is 19.4 Å². The van der Waals surface area contributed by atoms with Crippen molar-refractivity contribution in [2.45, 2.75) is 20.5 Å². The maximum atomic E-state index is 13.3. The molecule has 0 aliphatic rings. The molecular formula is C27H24O4. The molecule has 0 N–H and O–H groups in total. The number of fused-ring (bicyclic) bond motifs is 1. The van der Waals surface area contributed by atoms with Crippen LogP contribution in [0.25, 0.3) is 22.3 Å². The van der Waals surface area contributed by atoms with Gasteiger partial charge in [0.15, 0.2) is 5.76 Å². The van der Waals surface area contributed by atoms with Crippen molar-refractivity contribution in [3.05, 3.63) is 106 Å². The van der Waals surface area contributed by atoms with Crippen molar-refractivity contribution in [3.63, 3.8) is 0 Å². The first-order chi connectivity index (χ1) is 15.1. The monoisotopic (exact) mass is 412 g/mol. The van der Waals surface area contributed by atoms with E-state index in [2.05, 4.69) is 0 Å². The molecule has 31 heavy (non-hydrogen) atoms. The van der Waals surface area contributed by atoms with Crippen LogP contribution in [0.3, 0.4) is 0 Å². The molecule has 0 unspecified atom stereocenters. The van der Waals surface area contributed by atoms with Crippen LogP contribution in [0.4, 0.5) is 0 Å². The van der Waals surface area contributed by atoms with E-state index in [1.807, 2.05) is 80.6 Å². The Hall–Kier alpha value is -3.79. The highest BCUT2D eigenvalue weighted by atomic mass is 16.5. The minimum Gasteiger partial charge on any atom is -0.489 e. The fourth-order valence-corrected chi connectivity index (χ4v) is 3.19. The van der Waals surface area contributed by atoms with Gasteiger partial charge in [0, 0.05) is 11.6 Å². The molecule has 0 spiro atoms. The second-order valence-electron chi connectivity index (χ2n) is 7.48. The van der Waals surface area contributed by atoms with Crippen LogP contribution in [0.15, 0.2) is 99.7 Å². The van der Waals surface area contributed by atoms with E-state index in [4.69, 9.17) is 13.9 Å². The van der Waals surface area contributed by atoms with Crippen LogP contribution in [-0.4, -0.2) is 6.61 Å². The van der Waals surface area contributed by atoms with Crippen molar-refractivity contribution < 1.29 is 13.9 Å². The molecule has 0 amide bonds. The Bertz CT molecular complexity index is 1250. The maximum absolute atomic E-state index is 13.3. The van der Waals surface area contributed by atoms with Crippen LogP contribution in [0, 0.1) is 0 Å². The third kappa shape index (κ3) is 4.86. The first kappa shape index (κ1) is 20.5. The van der Waals surface area contributed by atoms with Gasteiger partial charge in [-0.3, -0.25) is 4.79 Å². The highest BCUT2D eigenvalue weighted by Crippen LogP contribution is 2.32. The Morgan fingerprint density at radius 3 is 2.32 bits per heavy atom. The van der Waals surface area contributed by atoms with Crippen molar-refractivity contribution in [2.75, 3.05) is 6.61 Å².